The van der Waals surface area contributed by atoms with Crippen molar-refractivity contribution < 1.29 is 8.42 Å². The molecule has 1 rings (SSSR count). The third-order valence-corrected chi connectivity index (χ3v) is 4.46. The molecule has 5 heteroatoms. The molecule has 1 saturated carbocycles. The Morgan fingerprint density at radius 1 is 1.29 bits per heavy atom. The maximum atomic E-state index is 11.5. The molecule has 0 unspecified atom stereocenters. The molecule has 0 aliphatic heterocycles. The van der Waals surface area contributed by atoms with Crippen LogP contribution in [0.15, 0.2) is 0 Å². The summed E-state index contributed by atoms with van der Waals surface area (Å²) in [5.74, 6) is 0.134. The molecule has 0 saturated heterocycles. The van der Waals surface area contributed by atoms with Crippen LogP contribution in [0, 0.1) is 0 Å². The van der Waals surface area contributed by atoms with E-state index in [-0.39, 0.29) is 11.3 Å². The van der Waals surface area contributed by atoms with Crippen molar-refractivity contribution in [2.24, 2.45) is 5.73 Å². The lowest BCUT2D eigenvalue weighted by molar-refractivity contribution is 0.277. The maximum absolute atomic E-state index is 11.5. The number of nitrogens with one attached hydrogen (secondary N) is 1. The highest BCUT2D eigenvalue weighted by atomic mass is 32.2. The van der Waals surface area contributed by atoms with Crippen LogP contribution in [-0.2, 0) is 10.0 Å². The van der Waals surface area contributed by atoms with Crippen molar-refractivity contribution in [3.8, 4) is 0 Å². The lowest BCUT2D eigenvalue weighted by Crippen LogP contribution is -2.54. The molecular formula is C9H20N2O2S. The molecule has 0 amide bonds. The summed E-state index contributed by atoms with van der Waals surface area (Å²) in [6.07, 6.45) is 5.09. The zero-order chi connectivity index (χ0) is 10.7. The molecule has 0 heterocycles. The summed E-state index contributed by atoms with van der Waals surface area (Å²) in [4.78, 5) is 0. The Balaban J connectivity index is 2.70. The largest absolute Gasteiger partial charge is 0.329 e. The predicted molar refractivity (Wildman–Crippen MR) is 57.5 cm³/mol. The fourth-order valence-electron chi connectivity index (χ4n) is 1.98. The first kappa shape index (κ1) is 11.9. The van der Waals surface area contributed by atoms with Crippen molar-refractivity contribution in [1.29, 1.82) is 0 Å². The third-order valence-electron chi connectivity index (χ3n) is 2.95. The standard InChI is InChI=1S/C9H20N2O2S/c1-2-14(12,13)11-9(8-10)6-4-3-5-7-9/h11H,2-8,10H2,1H3. The van der Waals surface area contributed by atoms with Crippen molar-refractivity contribution >= 4 is 10.0 Å². The summed E-state index contributed by atoms with van der Waals surface area (Å²) < 4.78 is 25.7. The van der Waals surface area contributed by atoms with Crippen LogP contribution >= 0.6 is 0 Å². The van der Waals surface area contributed by atoms with Crippen LogP contribution in [0.3, 0.4) is 0 Å². The molecule has 0 aromatic rings. The van der Waals surface area contributed by atoms with Crippen molar-refractivity contribution in [1.82, 2.24) is 4.72 Å². The molecule has 0 aromatic heterocycles. The molecule has 0 radical (unpaired) electrons. The molecule has 14 heavy (non-hydrogen) atoms. The first-order valence-corrected chi connectivity index (χ1v) is 6.90. The van der Waals surface area contributed by atoms with E-state index in [1.54, 1.807) is 6.92 Å². The summed E-state index contributed by atoms with van der Waals surface area (Å²) >= 11 is 0. The monoisotopic (exact) mass is 220 g/mol. The highest BCUT2D eigenvalue weighted by Crippen LogP contribution is 2.27. The molecule has 84 valence electrons. The van der Waals surface area contributed by atoms with Crippen molar-refractivity contribution in [2.45, 2.75) is 44.6 Å². The van der Waals surface area contributed by atoms with Gasteiger partial charge in [0.25, 0.3) is 0 Å². The van der Waals surface area contributed by atoms with Gasteiger partial charge < -0.3 is 5.73 Å². The van der Waals surface area contributed by atoms with E-state index in [1.807, 2.05) is 0 Å². The lowest BCUT2D eigenvalue weighted by atomic mass is 9.83. The van der Waals surface area contributed by atoms with Gasteiger partial charge in [-0.2, -0.15) is 0 Å². The normalized spacial score (nSPS) is 22.1. The van der Waals surface area contributed by atoms with Gasteiger partial charge in [-0.3, -0.25) is 0 Å². The van der Waals surface area contributed by atoms with Crippen molar-refractivity contribution in [2.75, 3.05) is 12.3 Å². The van der Waals surface area contributed by atoms with Crippen LogP contribution in [0.2, 0.25) is 0 Å². The van der Waals surface area contributed by atoms with Gasteiger partial charge in [-0.15, -0.1) is 0 Å². The first-order valence-electron chi connectivity index (χ1n) is 5.25. The number of sulfonamides is 1. The van der Waals surface area contributed by atoms with E-state index in [0.29, 0.717) is 6.54 Å². The van der Waals surface area contributed by atoms with Gasteiger partial charge >= 0.3 is 0 Å². The van der Waals surface area contributed by atoms with E-state index in [4.69, 9.17) is 5.73 Å². The van der Waals surface area contributed by atoms with Crippen molar-refractivity contribution in [3.63, 3.8) is 0 Å². The molecule has 0 aromatic carbocycles. The van der Waals surface area contributed by atoms with E-state index < -0.39 is 10.0 Å². The minimum atomic E-state index is -3.12. The Morgan fingerprint density at radius 3 is 2.29 bits per heavy atom. The quantitative estimate of drug-likeness (QED) is 0.728. The molecule has 1 aliphatic rings. The molecular weight excluding hydrogens is 200 g/mol. The first-order chi connectivity index (χ1) is 6.54. The topological polar surface area (TPSA) is 72.2 Å². The Labute approximate surface area is 86.3 Å². The Morgan fingerprint density at radius 2 is 1.86 bits per heavy atom. The van der Waals surface area contributed by atoms with Gasteiger partial charge in [0.15, 0.2) is 0 Å². The van der Waals surface area contributed by atoms with Gasteiger partial charge in [-0.25, -0.2) is 13.1 Å². The minimum Gasteiger partial charge on any atom is -0.329 e. The summed E-state index contributed by atoms with van der Waals surface area (Å²) in [5.41, 5.74) is 5.32. The van der Waals surface area contributed by atoms with Crippen LogP contribution in [0.1, 0.15) is 39.0 Å². The number of nitrogens with two attached hydrogens (primary N) is 1. The summed E-state index contributed by atoms with van der Waals surface area (Å²) in [7, 11) is -3.12. The average Bonchev–Trinajstić information content (AvgIpc) is 2.19. The molecule has 1 fully saturated rings. The highest BCUT2D eigenvalue weighted by molar-refractivity contribution is 7.89. The Hall–Kier alpha value is -0.130. The zero-order valence-electron chi connectivity index (χ0n) is 8.75. The van der Waals surface area contributed by atoms with Crippen LogP contribution in [0.25, 0.3) is 0 Å². The average molecular weight is 220 g/mol. The lowest BCUT2D eigenvalue weighted by Gasteiger charge is -2.36. The van der Waals surface area contributed by atoms with Crippen LogP contribution in [0.5, 0.6) is 0 Å². The van der Waals surface area contributed by atoms with E-state index >= 15 is 0 Å². The summed E-state index contributed by atoms with van der Waals surface area (Å²) in [6, 6.07) is 0. The van der Waals surface area contributed by atoms with Gasteiger partial charge in [-0.1, -0.05) is 19.3 Å². The van der Waals surface area contributed by atoms with Gasteiger partial charge in [0.2, 0.25) is 10.0 Å². The SMILES string of the molecule is CCS(=O)(=O)NC1(CN)CCCCC1. The molecule has 0 atom stereocenters. The van der Waals surface area contributed by atoms with Gasteiger partial charge in [0, 0.05) is 12.1 Å². The van der Waals surface area contributed by atoms with Gasteiger partial charge in [0.1, 0.15) is 0 Å². The number of hydrogen-bond acceptors (Lipinski definition) is 3. The summed E-state index contributed by atoms with van der Waals surface area (Å²) in [6.45, 7) is 2.06. The van der Waals surface area contributed by atoms with Gasteiger partial charge in [-0.05, 0) is 19.8 Å². The maximum Gasteiger partial charge on any atom is 0.211 e. The molecule has 4 nitrogen and oxygen atoms in total. The van der Waals surface area contributed by atoms with Crippen molar-refractivity contribution in [3.05, 3.63) is 0 Å². The van der Waals surface area contributed by atoms with E-state index in [1.165, 1.54) is 6.42 Å². The second-order valence-electron chi connectivity index (χ2n) is 4.05. The smallest absolute Gasteiger partial charge is 0.211 e. The minimum absolute atomic E-state index is 0.134. The fraction of sp³-hybridized carbons (Fsp3) is 1.00. The van der Waals surface area contributed by atoms with Crippen LogP contribution in [-0.4, -0.2) is 26.3 Å². The Bertz CT molecular complexity index is 269. The highest BCUT2D eigenvalue weighted by Gasteiger charge is 2.33. The fourth-order valence-corrected chi connectivity index (χ4v) is 3.07. The van der Waals surface area contributed by atoms with E-state index in [9.17, 15) is 8.42 Å². The second-order valence-corrected chi connectivity index (χ2v) is 6.06. The molecule has 1 aliphatic carbocycles. The van der Waals surface area contributed by atoms with Crippen LogP contribution in [0.4, 0.5) is 0 Å². The van der Waals surface area contributed by atoms with E-state index in [2.05, 4.69) is 4.72 Å². The molecule has 3 N–H and O–H groups in total. The number of rotatable bonds is 4. The van der Waals surface area contributed by atoms with Gasteiger partial charge in [0.05, 0.1) is 5.75 Å². The Kier molecular flexibility index (Phi) is 3.92. The second kappa shape index (κ2) is 4.59. The predicted octanol–water partition coefficient (Wildman–Crippen LogP) is 0.587. The number of hydrogen-bond donors (Lipinski definition) is 2. The summed E-state index contributed by atoms with van der Waals surface area (Å²) in [5, 5.41) is 0. The zero-order valence-corrected chi connectivity index (χ0v) is 9.57. The van der Waals surface area contributed by atoms with E-state index in [0.717, 1.165) is 25.7 Å². The van der Waals surface area contributed by atoms with Crippen LogP contribution < -0.4 is 10.5 Å². The molecule has 0 bridgehead atoms. The third kappa shape index (κ3) is 2.93. The molecule has 0 spiro atoms.